The lowest BCUT2D eigenvalue weighted by molar-refractivity contribution is 0.245. The Bertz CT molecular complexity index is 774. The molecule has 1 aromatic heterocycles. The normalized spacial score (nSPS) is 13.6. The van der Waals surface area contributed by atoms with Gasteiger partial charge in [0, 0.05) is 24.0 Å². The van der Waals surface area contributed by atoms with Gasteiger partial charge in [0.2, 0.25) is 0 Å². The summed E-state index contributed by atoms with van der Waals surface area (Å²) in [5.74, 6) is -0.850. The summed E-state index contributed by atoms with van der Waals surface area (Å²) >= 11 is 0. The second-order valence-corrected chi connectivity index (χ2v) is 5.88. The van der Waals surface area contributed by atoms with Gasteiger partial charge < -0.3 is 5.32 Å². The number of aromatic nitrogens is 2. The fourth-order valence-corrected chi connectivity index (χ4v) is 2.98. The van der Waals surface area contributed by atoms with E-state index >= 15 is 0 Å². The number of hydrogen-bond acceptors (Lipinski definition) is 3. The van der Waals surface area contributed by atoms with Gasteiger partial charge in [-0.05, 0) is 44.4 Å². The number of halogens is 2. The smallest absolute Gasteiger partial charge is 0.322 e. The fraction of sp³-hybridized carbons (Fsp3) is 0.353. The summed E-state index contributed by atoms with van der Waals surface area (Å²) in [6, 6.07) is 3.49. The van der Waals surface area contributed by atoms with Crippen LogP contribution in [0.2, 0.25) is 0 Å². The standard InChI is InChI=1S/C17H18F2N4O/c1-10-6-11(2)22-15(21-10)9-20-17(24)23-5-3-4-12-7-13(18)8-14(19)16(12)23/h6-8H,3-5,9H2,1-2H3,(H,20,24). The highest BCUT2D eigenvalue weighted by Crippen LogP contribution is 2.31. The van der Waals surface area contributed by atoms with Gasteiger partial charge in [0.1, 0.15) is 17.5 Å². The minimum Gasteiger partial charge on any atom is -0.330 e. The third kappa shape index (κ3) is 3.34. The molecule has 2 aromatic rings. The minimum absolute atomic E-state index is 0.149. The van der Waals surface area contributed by atoms with Crippen LogP contribution in [0.4, 0.5) is 19.3 Å². The maximum Gasteiger partial charge on any atom is 0.322 e. The van der Waals surface area contributed by atoms with Gasteiger partial charge in [0.25, 0.3) is 0 Å². The van der Waals surface area contributed by atoms with Gasteiger partial charge in [-0.2, -0.15) is 0 Å². The first-order chi connectivity index (χ1) is 11.4. The zero-order chi connectivity index (χ0) is 17.3. The van der Waals surface area contributed by atoms with Crippen molar-refractivity contribution in [2.24, 2.45) is 0 Å². The second kappa shape index (κ2) is 6.51. The van der Waals surface area contributed by atoms with E-state index in [9.17, 15) is 13.6 Å². The van der Waals surface area contributed by atoms with E-state index in [1.54, 1.807) is 0 Å². The Morgan fingerprint density at radius 3 is 2.62 bits per heavy atom. The molecule has 0 radical (unpaired) electrons. The molecule has 1 aromatic carbocycles. The van der Waals surface area contributed by atoms with Crippen LogP contribution in [0, 0.1) is 25.5 Å². The van der Waals surface area contributed by atoms with Crippen molar-refractivity contribution in [2.75, 3.05) is 11.4 Å². The van der Waals surface area contributed by atoms with Gasteiger partial charge in [0.05, 0.1) is 12.2 Å². The molecule has 1 aliphatic rings. The summed E-state index contributed by atoms with van der Waals surface area (Å²) in [5, 5.41) is 2.71. The van der Waals surface area contributed by atoms with E-state index in [0.29, 0.717) is 30.8 Å². The van der Waals surface area contributed by atoms with Crippen molar-refractivity contribution in [2.45, 2.75) is 33.2 Å². The number of nitrogens with zero attached hydrogens (tertiary/aromatic N) is 3. The number of rotatable bonds is 2. The number of urea groups is 1. The third-order valence-corrected chi connectivity index (χ3v) is 3.88. The van der Waals surface area contributed by atoms with E-state index in [2.05, 4.69) is 15.3 Å². The van der Waals surface area contributed by atoms with Crippen molar-refractivity contribution >= 4 is 11.7 Å². The first-order valence-electron chi connectivity index (χ1n) is 7.78. The minimum atomic E-state index is -0.720. The molecule has 0 bridgehead atoms. The highest BCUT2D eigenvalue weighted by atomic mass is 19.1. The van der Waals surface area contributed by atoms with E-state index in [4.69, 9.17) is 0 Å². The predicted octanol–water partition coefficient (Wildman–Crippen LogP) is 3.03. The zero-order valence-electron chi connectivity index (χ0n) is 13.6. The number of aryl methyl sites for hydroxylation is 3. The monoisotopic (exact) mass is 332 g/mol. The molecule has 0 spiro atoms. The SMILES string of the molecule is Cc1cc(C)nc(CNC(=O)N2CCCc3cc(F)cc(F)c32)n1. The molecule has 3 rings (SSSR count). The van der Waals surface area contributed by atoms with Crippen molar-refractivity contribution in [1.29, 1.82) is 0 Å². The summed E-state index contributed by atoms with van der Waals surface area (Å²) in [6.07, 6.45) is 1.21. The molecule has 2 amide bonds. The fourth-order valence-electron chi connectivity index (χ4n) is 2.98. The summed E-state index contributed by atoms with van der Waals surface area (Å²) in [7, 11) is 0. The maximum absolute atomic E-state index is 14.1. The largest absolute Gasteiger partial charge is 0.330 e. The van der Waals surface area contributed by atoms with E-state index in [0.717, 1.165) is 17.5 Å². The molecule has 0 saturated carbocycles. The molecule has 1 aliphatic heterocycles. The van der Waals surface area contributed by atoms with Crippen molar-refractivity contribution in [3.05, 3.63) is 52.6 Å². The van der Waals surface area contributed by atoms with Crippen LogP contribution < -0.4 is 10.2 Å². The quantitative estimate of drug-likeness (QED) is 0.920. The van der Waals surface area contributed by atoms with Gasteiger partial charge in [0.15, 0.2) is 0 Å². The number of carbonyl (C=O) groups is 1. The molecule has 24 heavy (non-hydrogen) atoms. The first-order valence-corrected chi connectivity index (χ1v) is 7.78. The Kier molecular flexibility index (Phi) is 4.42. The molecule has 126 valence electrons. The number of anilines is 1. The molecule has 2 heterocycles. The van der Waals surface area contributed by atoms with Crippen molar-refractivity contribution in [3.8, 4) is 0 Å². The average molecular weight is 332 g/mol. The molecular weight excluding hydrogens is 314 g/mol. The number of benzene rings is 1. The number of amides is 2. The highest BCUT2D eigenvalue weighted by molar-refractivity contribution is 5.93. The van der Waals surface area contributed by atoms with Gasteiger partial charge in [-0.1, -0.05) is 0 Å². The van der Waals surface area contributed by atoms with Crippen LogP contribution in [0.15, 0.2) is 18.2 Å². The molecule has 0 fully saturated rings. The van der Waals surface area contributed by atoms with E-state index in [1.807, 2.05) is 19.9 Å². The number of hydrogen-bond donors (Lipinski definition) is 1. The van der Waals surface area contributed by atoms with Crippen LogP contribution in [0.1, 0.15) is 29.2 Å². The number of fused-ring (bicyclic) bond motifs is 1. The van der Waals surface area contributed by atoms with E-state index in [-0.39, 0.29) is 12.2 Å². The lowest BCUT2D eigenvalue weighted by atomic mass is 10.0. The summed E-state index contributed by atoms with van der Waals surface area (Å²) in [5.41, 5.74) is 2.30. The van der Waals surface area contributed by atoms with Crippen LogP contribution in [0.5, 0.6) is 0 Å². The van der Waals surface area contributed by atoms with Crippen LogP contribution in [-0.4, -0.2) is 22.5 Å². The molecule has 0 saturated heterocycles. The van der Waals surface area contributed by atoms with Crippen LogP contribution in [0.3, 0.4) is 0 Å². The zero-order valence-corrected chi connectivity index (χ0v) is 13.6. The van der Waals surface area contributed by atoms with Crippen LogP contribution in [-0.2, 0) is 13.0 Å². The Labute approximate surface area is 138 Å². The molecule has 5 nitrogen and oxygen atoms in total. The average Bonchev–Trinajstić information content (AvgIpc) is 2.50. The van der Waals surface area contributed by atoms with Crippen LogP contribution >= 0.6 is 0 Å². The summed E-state index contributed by atoms with van der Waals surface area (Å²) in [4.78, 5) is 22.3. The third-order valence-electron chi connectivity index (χ3n) is 3.88. The number of carbonyl (C=O) groups excluding carboxylic acids is 1. The lowest BCUT2D eigenvalue weighted by Crippen LogP contribution is -2.43. The molecule has 0 unspecified atom stereocenters. The van der Waals surface area contributed by atoms with Crippen molar-refractivity contribution in [1.82, 2.24) is 15.3 Å². The number of nitrogens with one attached hydrogen (secondary N) is 1. The van der Waals surface area contributed by atoms with E-state index in [1.165, 1.54) is 11.0 Å². The Balaban J connectivity index is 1.77. The van der Waals surface area contributed by atoms with Crippen LogP contribution in [0.25, 0.3) is 0 Å². The summed E-state index contributed by atoms with van der Waals surface area (Å²) < 4.78 is 27.5. The second-order valence-electron chi connectivity index (χ2n) is 5.88. The van der Waals surface area contributed by atoms with Crippen molar-refractivity contribution in [3.63, 3.8) is 0 Å². The molecule has 0 aliphatic carbocycles. The van der Waals surface area contributed by atoms with E-state index < -0.39 is 17.7 Å². The van der Waals surface area contributed by atoms with Gasteiger partial charge in [-0.3, -0.25) is 4.90 Å². The van der Waals surface area contributed by atoms with Crippen molar-refractivity contribution < 1.29 is 13.6 Å². The van der Waals surface area contributed by atoms with Gasteiger partial charge in [-0.15, -0.1) is 0 Å². The highest BCUT2D eigenvalue weighted by Gasteiger charge is 2.26. The Hall–Kier alpha value is -2.57. The summed E-state index contributed by atoms with van der Waals surface area (Å²) in [6.45, 7) is 4.24. The first kappa shape index (κ1) is 16.3. The van der Waals surface area contributed by atoms with Gasteiger partial charge in [-0.25, -0.2) is 23.5 Å². The molecule has 0 atom stereocenters. The Morgan fingerprint density at radius 2 is 1.92 bits per heavy atom. The Morgan fingerprint density at radius 1 is 1.21 bits per heavy atom. The predicted molar refractivity (Wildman–Crippen MR) is 85.8 cm³/mol. The lowest BCUT2D eigenvalue weighted by Gasteiger charge is -2.29. The topological polar surface area (TPSA) is 58.1 Å². The maximum atomic E-state index is 14.1. The molecular formula is C17H18F2N4O. The molecule has 7 heteroatoms. The molecule has 1 N–H and O–H groups in total. The van der Waals surface area contributed by atoms with Gasteiger partial charge >= 0.3 is 6.03 Å².